The van der Waals surface area contributed by atoms with E-state index in [0.717, 1.165) is 50.3 Å². The Morgan fingerprint density at radius 1 is 1.42 bits per heavy atom. The highest BCUT2D eigenvalue weighted by Crippen LogP contribution is 2.20. The van der Waals surface area contributed by atoms with E-state index in [1.165, 1.54) is 0 Å². The van der Waals surface area contributed by atoms with Gasteiger partial charge < -0.3 is 10.6 Å². The summed E-state index contributed by atoms with van der Waals surface area (Å²) in [5.41, 5.74) is 7.59. The van der Waals surface area contributed by atoms with Crippen molar-refractivity contribution in [3.63, 3.8) is 0 Å². The van der Waals surface area contributed by atoms with Crippen LogP contribution in [0.2, 0.25) is 0 Å². The minimum absolute atomic E-state index is 0.178. The molecule has 1 amide bonds. The average molecular weight is 264 g/mol. The quantitative estimate of drug-likeness (QED) is 0.885. The first-order valence-corrected chi connectivity index (χ1v) is 7.09. The predicted octanol–water partition coefficient (Wildman–Crippen LogP) is 1.09. The summed E-state index contributed by atoms with van der Waals surface area (Å²) in [5.74, 6) is 0.875. The van der Waals surface area contributed by atoms with Gasteiger partial charge in [-0.1, -0.05) is 0 Å². The monoisotopic (exact) mass is 264 g/mol. The van der Waals surface area contributed by atoms with E-state index in [1.54, 1.807) is 4.68 Å². The highest BCUT2D eigenvalue weighted by atomic mass is 16.2. The summed E-state index contributed by atoms with van der Waals surface area (Å²) >= 11 is 0. The van der Waals surface area contributed by atoms with Crippen LogP contribution in [0.15, 0.2) is 6.07 Å². The number of nitrogens with zero attached hydrogens (tertiary/aromatic N) is 3. The van der Waals surface area contributed by atoms with Crippen LogP contribution in [0.25, 0.3) is 0 Å². The fraction of sp³-hybridized carbons (Fsp3) is 0.714. The van der Waals surface area contributed by atoms with Gasteiger partial charge in [0.2, 0.25) is 5.91 Å². The summed E-state index contributed by atoms with van der Waals surface area (Å²) in [4.78, 5) is 14.2. The van der Waals surface area contributed by atoms with Crippen LogP contribution >= 0.6 is 0 Å². The number of likely N-dealkylation sites (tertiary alicyclic amines) is 1. The molecule has 0 radical (unpaired) electrons. The molecule has 1 aliphatic heterocycles. The Hall–Kier alpha value is -1.36. The molecular weight excluding hydrogens is 240 g/mol. The smallest absolute Gasteiger partial charge is 0.244 e. The zero-order valence-corrected chi connectivity index (χ0v) is 11.9. The van der Waals surface area contributed by atoms with Crippen molar-refractivity contribution in [3.05, 3.63) is 17.5 Å². The summed E-state index contributed by atoms with van der Waals surface area (Å²) in [6.45, 7) is 6.78. The second kappa shape index (κ2) is 6.19. The molecular formula is C14H24N4O. The van der Waals surface area contributed by atoms with Gasteiger partial charge in [0, 0.05) is 18.8 Å². The summed E-state index contributed by atoms with van der Waals surface area (Å²) in [6.07, 6.45) is 3.25. The van der Waals surface area contributed by atoms with E-state index in [1.807, 2.05) is 24.8 Å². The number of carbonyl (C=O) groups excluding carboxylic acids is 1. The van der Waals surface area contributed by atoms with Gasteiger partial charge in [-0.3, -0.25) is 9.48 Å². The van der Waals surface area contributed by atoms with Gasteiger partial charge in [0.25, 0.3) is 0 Å². The second-order valence-corrected chi connectivity index (χ2v) is 5.49. The molecule has 0 aliphatic carbocycles. The fourth-order valence-electron chi connectivity index (χ4n) is 2.77. The van der Waals surface area contributed by atoms with Crippen molar-refractivity contribution in [1.82, 2.24) is 14.7 Å². The maximum Gasteiger partial charge on any atom is 0.244 e. The lowest BCUT2D eigenvalue weighted by Gasteiger charge is -2.32. The number of amides is 1. The molecule has 0 bridgehead atoms. The molecule has 1 aliphatic rings. The van der Waals surface area contributed by atoms with Gasteiger partial charge in [-0.25, -0.2) is 0 Å². The number of nitrogens with two attached hydrogens (primary N) is 1. The average Bonchev–Trinajstić information content (AvgIpc) is 2.69. The van der Waals surface area contributed by atoms with Crippen LogP contribution in [-0.2, 0) is 11.3 Å². The largest absolute Gasteiger partial charge is 0.341 e. The molecule has 0 aromatic carbocycles. The number of rotatable bonds is 4. The lowest BCUT2D eigenvalue weighted by molar-refractivity contribution is -0.133. The van der Waals surface area contributed by atoms with E-state index >= 15 is 0 Å². The molecule has 19 heavy (non-hydrogen) atoms. The van der Waals surface area contributed by atoms with Gasteiger partial charge in [0.1, 0.15) is 6.54 Å². The SMILES string of the molecule is Cc1cc(C)n(CC(=O)N2CCC(CCN)CC2)n1. The number of aromatic nitrogens is 2. The molecule has 1 aromatic heterocycles. The van der Waals surface area contributed by atoms with Gasteiger partial charge in [0.05, 0.1) is 5.69 Å². The molecule has 0 spiro atoms. The zero-order valence-electron chi connectivity index (χ0n) is 11.9. The number of piperidine rings is 1. The number of hydrogen-bond donors (Lipinski definition) is 1. The predicted molar refractivity (Wildman–Crippen MR) is 74.7 cm³/mol. The lowest BCUT2D eigenvalue weighted by Crippen LogP contribution is -2.40. The minimum atomic E-state index is 0.178. The number of carbonyl (C=O) groups is 1. The molecule has 2 N–H and O–H groups in total. The fourth-order valence-corrected chi connectivity index (χ4v) is 2.77. The van der Waals surface area contributed by atoms with E-state index < -0.39 is 0 Å². The molecule has 1 saturated heterocycles. The Morgan fingerprint density at radius 2 is 2.11 bits per heavy atom. The van der Waals surface area contributed by atoms with Gasteiger partial charge in [-0.2, -0.15) is 5.10 Å². The maximum atomic E-state index is 12.2. The summed E-state index contributed by atoms with van der Waals surface area (Å²) in [6, 6.07) is 2.00. The van der Waals surface area contributed by atoms with Gasteiger partial charge in [-0.05, 0) is 51.6 Å². The Balaban J connectivity index is 1.86. The van der Waals surface area contributed by atoms with Crippen molar-refractivity contribution in [3.8, 4) is 0 Å². The first-order chi connectivity index (χ1) is 9.10. The molecule has 5 heteroatoms. The van der Waals surface area contributed by atoms with Crippen LogP contribution < -0.4 is 5.73 Å². The normalized spacial score (nSPS) is 16.9. The number of aryl methyl sites for hydroxylation is 2. The topological polar surface area (TPSA) is 64.2 Å². The first kappa shape index (κ1) is 14.1. The maximum absolute atomic E-state index is 12.2. The second-order valence-electron chi connectivity index (χ2n) is 5.49. The third-order valence-corrected chi connectivity index (χ3v) is 3.93. The van der Waals surface area contributed by atoms with E-state index in [-0.39, 0.29) is 5.91 Å². The Labute approximate surface area is 114 Å². The summed E-state index contributed by atoms with van der Waals surface area (Å²) < 4.78 is 1.80. The standard InChI is InChI=1S/C14H24N4O/c1-11-9-12(2)18(16-11)10-14(19)17-7-4-13(3-6-15)5-8-17/h9,13H,3-8,10,15H2,1-2H3. The summed E-state index contributed by atoms with van der Waals surface area (Å²) in [7, 11) is 0. The van der Waals surface area contributed by atoms with Crippen molar-refractivity contribution in [2.75, 3.05) is 19.6 Å². The van der Waals surface area contributed by atoms with Gasteiger partial charge in [-0.15, -0.1) is 0 Å². The van der Waals surface area contributed by atoms with E-state index in [0.29, 0.717) is 12.5 Å². The minimum Gasteiger partial charge on any atom is -0.341 e. The molecule has 106 valence electrons. The van der Waals surface area contributed by atoms with Gasteiger partial charge in [0.15, 0.2) is 0 Å². The van der Waals surface area contributed by atoms with Crippen molar-refractivity contribution in [2.45, 2.75) is 39.7 Å². The van der Waals surface area contributed by atoms with E-state index in [9.17, 15) is 4.79 Å². The molecule has 0 unspecified atom stereocenters. The molecule has 0 atom stereocenters. The van der Waals surface area contributed by atoms with Crippen LogP contribution in [0.5, 0.6) is 0 Å². The Kier molecular flexibility index (Phi) is 4.58. The van der Waals surface area contributed by atoms with Crippen LogP contribution in [0.4, 0.5) is 0 Å². The Morgan fingerprint density at radius 3 is 2.63 bits per heavy atom. The van der Waals surface area contributed by atoms with Crippen molar-refractivity contribution >= 4 is 5.91 Å². The van der Waals surface area contributed by atoms with Crippen LogP contribution in [0, 0.1) is 19.8 Å². The third-order valence-electron chi connectivity index (χ3n) is 3.93. The van der Waals surface area contributed by atoms with E-state index in [2.05, 4.69) is 5.10 Å². The third kappa shape index (κ3) is 3.56. The van der Waals surface area contributed by atoms with Crippen molar-refractivity contribution in [2.24, 2.45) is 11.7 Å². The molecule has 1 fully saturated rings. The lowest BCUT2D eigenvalue weighted by atomic mass is 9.93. The molecule has 0 saturated carbocycles. The van der Waals surface area contributed by atoms with Crippen LogP contribution in [0.3, 0.4) is 0 Å². The van der Waals surface area contributed by atoms with Crippen LogP contribution in [0.1, 0.15) is 30.7 Å². The Bertz CT molecular complexity index is 433. The highest BCUT2D eigenvalue weighted by molar-refractivity contribution is 5.76. The molecule has 2 heterocycles. The molecule has 2 rings (SSSR count). The van der Waals surface area contributed by atoms with Gasteiger partial charge >= 0.3 is 0 Å². The van der Waals surface area contributed by atoms with Crippen molar-refractivity contribution < 1.29 is 4.79 Å². The zero-order chi connectivity index (χ0) is 13.8. The first-order valence-electron chi connectivity index (χ1n) is 7.09. The van der Waals surface area contributed by atoms with E-state index in [4.69, 9.17) is 5.73 Å². The van der Waals surface area contributed by atoms with Crippen molar-refractivity contribution in [1.29, 1.82) is 0 Å². The molecule has 1 aromatic rings. The molecule has 5 nitrogen and oxygen atoms in total. The number of hydrogen-bond acceptors (Lipinski definition) is 3. The highest BCUT2D eigenvalue weighted by Gasteiger charge is 2.22. The van der Waals surface area contributed by atoms with Crippen LogP contribution in [-0.4, -0.2) is 40.2 Å². The summed E-state index contributed by atoms with van der Waals surface area (Å²) in [5, 5.41) is 4.34.